The predicted octanol–water partition coefficient (Wildman–Crippen LogP) is 4.31. The van der Waals surface area contributed by atoms with Gasteiger partial charge in [-0.15, -0.1) is 13.2 Å². The summed E-state index contributed by atoms with van der Waals surface area (Å²) in [4.78, 5) is 8.51. The molecule has 6 nitrogen and oxygen atoms in total. The molecular formula is C17H16F3N5O. The van der Waals surface area contributed by atoms with Crippen LogP contribution >= 0.6 is 0 Å². The van der Waals surface area contributed by atoms with E-state index in [4.69, 9.17) is 0 Å². The molecule has 3 rings (SSSR count). The highest BCUT2D eigenvalue weighted by atomic mass is 19.4. The van der Waals surface area contributed by atoms with Gasteiger partial charge in [0.1, 0.15) is 17.9 Å². The highest BCUT2D eigenvalue weighted by Gasteiger charge is 2.30. The van der Waals surface area contributed by atoms with Gasteiger partial charge in [0.25, 0.3) is 0 Å². The summed E-state index contributed by atoms with van der Waals surface area (Å²) < 4.78 is 42.3. The molecule has 0 amide bonds. The Labute approximate surface area is 147 Å². The third-order valence-corrected chi connectivity index (χ3v) is 3.67. The van der Waals surface area contributed by atoms with Crippen molar-refractivity contribution in [1.29, 1.82) is 0 Å². The lowest BCUT2D eigenvalue weighted by atomic mass is 10.1. The van der Waals surface area contributed by atoms with Crippen LogP contribution in [-0.2, 0) is 6.54 Å². The molecule has 0 saturated carbocycles. The van der Waals surface area contributed by atoms with Crippen molar-refractivity contribution < 1.29 is 17.9 Å². The molecule has 9 heteroatoms. The van der Waals surface area contributed by atoms with Gasteiger partial charge in [-0.1, -0.05) is 0 Å². The number of hydrogen-bond acceptors (Lipinski definition) is 5. The average Bonchev–Trinajstić information content (AvgIpc) is 3.06. The number of anilines is 2. The third kappa shape index (κ3) is 4.11. The summed E-state index contributed by atoms with van der Waals surface area (Å²) in [6, 6.07) is 5.44. The molecule has 26 heavy (non-hydrogen) atoms. The maximum atomic E-state index is 12.2. The fourth-order valence-electron chi connectivity index (χ4n) is 2.40. The van der Waals surface area contributed by atoms with E-state index in [0.717, 1.165) is 23.4 Å². The average molecular weight is 363 g/mol. The Morgan fingerprint density at radius 1 is 1.15 bits per heavy atom. The van der Waals surface area contributed by atoms with Crippen molar-refractivity contribution in [3.05, 3.63) is 48.5 Å². The Kier molecular flexibility index (Phi) is 4.79. The van der Waals surface area contributed by atoms with Crippen LogP contribution in [0.1, 0.15) is 12.5 Å². The van der Waals surface area contributed by atoms with E-state index in [1.165, 1.54) is 30.6 Å². The van der Waals surface area contributed by atoms with Crippen LogP contribution in [0, 0.1) is 6.92 Å². The first-order valence-corrected chi connectivity index (χ1v) is 7.83. The molecule has 0 spiro atoms. The number of ether oxygens (including phenoxy) is 1. The smallest absolute Gasteiger partial charge is 0.406 e. The standard InChI is InChI=1S/C17H16F3N5O/c1-3-25-9-12(8-23-25)15-11(2)16(22-10-21-15)24-13-4-6-14(7-5-13)26-17(18,19)20/h4-10H,3H2,1-2H3,(H,21,22,24). The van der Waals surface area contributed by atoms with Crippen LogP contribution in [0.3, 0.4) is 0 Å². The van der Waals surface area contributed by atoms with E-state index in [-0.39, 0.29) is 5.75 Å². The molecule has 0 aliphatic carbocycles. The fourth-order valence-corrected chi connectivity index (χ4v) is 2.40. The number of benzene rings is 1. The number of nitrogens with zero attached hydrogens (tertiary/aromatic N) is 4. The first-order valence-electron chi connectivity index (χ1n) is 7.83. The number of nitrogens with one attached hydrogen (secondary N) is 1. The second kappa shape index (κ2) is 7.03. The van der Waals surface area contributed by atoms with Gasteiger partial charge in [0.15, 0.2) is 0 Å². The van der Waals surface area contributed by atoms with Gasteiger partial charge >= 0.3 is 6.36 Å². The Balaban J connectivity index is 1.81. The fraction of sp³-hybridized carbons (Fsp3) is 0.235. The topological polar surface area (TPSA) is 64.9 Å². The molecule has 0 fully saturated rings. The molecule has 1 N–H and O–H groups in total. The van der Waals surface area contributed by atoms with E-state index in [0.29, 0.717) is 11.5 Å². The van der Waals surface area contributed by atoms with Crippen molar-refractivity contribution in [2.24, 2.45) is 0 Å². The molecule has 2 aromatic heterocycles. The number of rotatable bonds is 5. The summed E-state index contributed by atoms with van der Waals surface area (Å²) in [7, 11) is 0. The van der Waals surface area contributed by atoms with E-state index in [2.05, 4.69) is 25.1 Å². The van der Waals surface area contributed by atoms with Crippen molar-refractivity contribution in [3.8, 4) is 17.0 Å². The van der Waals surface area contributed by atoms with Crippen molar-refractivity contribution in [1.82, 2.24) is 19.7 Å². The zero-order valence-electron chi connectivity index (χ0n) is 14.1. The zero-order valence-corrected chi connectivity index (χ0v) is 14.1. The Hall–Kier alpha value is -3.10. The van der Waals surface area contributed by atoms with Crippen LogP contribution < -0.4 is 10.1 Å². The van der Waals surface area contributed by atoms with Gasteiger partial charge in [0, 0.05) is 29.6 Å². The predicted molar refractivity (Wildman–Crippen MR) is 90.1 cm³/mol. The third-order valence-electron chi connectivity index (χ3n) is 3.67. The Morgan fingerprint density at radius 2 is 1.88 bits per heavy atom. The van der Waals surface area contributed by atoms with Crippen LogP contribution in [0.25, 0.3) is 11.3 Å². The van der Waals surface area contributed by atoms with Gasteiger partial charge < -0.3 is 10.1 Å². The molecule has 0 unspecified atom stereocenters. The van der Waals surface area contributed by atoms with E-state index >= 15 is 0 Å². The maximum Gasteiger partial charge on any atom is 0.573 e. The van der Waals surface area contributed by atoms with Crippen molar-refractivity contribution in [2.45, 2.75) is 26.8 Å². The van der Waals surface area contributed by atoms with Gasteiger partial charge in [-0.2, -0.15) is 5.10 Å². The first kappa shape index (κ1) is 17.7. The molecule has 0 aliphatic rings. The summed E-state index contributed by atoms with van der Waals surface area (Å²) in [6.45, 7) is 4.60. The molecule has 136 valence electrons. The van der Waals surface area contributed by atoms with E-state index in [1.807, 2.05) is 20.0 Å². The summed E-state index contributed by atoms with van der Waals surface area (Å²) in [5.74, 6) is 0.277. The first-order chi connectivity index (χ1) is 12.4. The number of aryl methyl sites for hydroxylation is 1. The number of halogens is 3. The summed E-state index contributed by atoms with van der Waals surface area (Å²) >= 11 is 0. The SMILES string of the molecule is CCn1cc(-c2ncnc(Nc3ccc(OC(F)(F)F)cc3)c2C)cn1. The molecule has 0 radical (unpaired) electrons. The van der Waals surface area contributed by atoms with Crippen molar-refractivity contribution >= 4 is 11.5 Å². The quantitative estimate of drug-likeness (QED) is 0.732. The lowest BCUT2D eigenvalue weighted by Gasteiger charge is -2.12. The van der Waals surface area contributed by atoms with Gasteiger partial charge in [-0.05, 0) is 38.1 Å². The highest BCUT2D eigenvalue weighted by Crippen LogP contribution is 2.28. The summed E-state index contributed by atoms with van der Waals surface area (Å²) in [5.41, 5.74) is 2.98. The van der Waals surface area contributed by atoms with Gasteiger partial charge in [-0.25, -0.2) is 9.97 Å². The molecule has 0 bridgehead atoms. The minimum Gasteiger partial charge on any atom is -0.406 e. The number of alkyl halides is 3. The molecule has 0 saturated heterocycles. The van der Waals surface area contributed by atoms with Crippen LogP contribution in [0.2, 0.25) is 0 Å². The summed E-state index contributed by atoms with van der Waals surface area (Å²) in [5, 5.41) is 7.31. The maximum absolute atomic E-state index is 12.2. The molecule has 0 aliphatic heterocycles. The Bertz CT molecular complexity index is 890. The van der Waals surface area contributed by atoms with Crippen LogP contribution in [0.15, 0.2) is 43.0 Å². The van der Waals surface area contributed by atoms with Gasteiger partial charge in [0.05, 0.1) is 11.9 Å². The molecule has 2 heterocycles. The summed E-state index contributed by atoms with van der Waals surface area (Å²) in [6.07, 6.45) is 0.333. The lowest BCUT2D eigenvalue weighted by Crippen LogP contribution is -2.17. The van der Waals surface area contributed by atoms with Gasteiger partial charge in [0.2, 0.25) is 0 Å². The second-order valence-electron chi connectivity index (χ2n) is 5.48. The molecule has 1 aromatic carbocycles. The highest BCUT2D eigenvalue weighted by molar-refractivity contribution is 5.70. The zero-order chi connectivity index (χ0) is 18.7. The van der Waals surface area contributed by atoms with Crippen molar-refractivity contribution in [2.75, 3.05) is 5.32 Å². The normalized spacial score (nSPS) is 11.4. The lowest BCUT2D eigenvalue weighted by molar-refractivity contribution is -0.274. The monoisotopic (exact) mass is 363 g/mol. The Morgan fingerprint density at radius 3 is 2.50 bits per heavy atom. The number of hydrogen-bond donors (Lipinski definition) is 1. The van der Waals surface area contributed by atoms with Crippen LogP contribution in [0.4, 0.5) is 24.7 Å². The molecule has 3 aromatic rings. The van der Waals surface area contributed by atoms with Gasteiger partial charge in [-0.3, -0.25) is 4.68 Å². The van der Waals surface area contributed by atoms with Crippen LogP contribution in [0.5, 0.6) is 5.75 Å². The molecular weight excluding hydrogens is 347 g/mol. The van der Waals surface area contributed by atoms with Crippen molar-refractivity contribution in [3.63, 3.8) is 0 Å². The van der Waals surface area contributed by atoms with E-state index in [9.17, 15) is 13.2 Å². The van der Waals surface area contributed by atoms with Crippen LogP contribution in [-0.4, -0.2) is 26.1 Å². The minimum atomic E-state index is -4.71. The minimum absolute atomic E-state index is 0.282. The van der Waals surface area contributed by atoms with E-state index in [1.54, 1.807) is 10.9 Å². The second-order valence-corrected chi connectivity index (χ2v) is 5.48. The number of aromatic nitrogens is 4. The van der Waals surface area contributed by atoms with E-state index < -0.39 is 6.36 Å². The molecule has 0 atom stereocenters. The largest absolute Gasteiger partial charge is 0.573 e.